The van der Waals surface area contributed by atoms with Gasteiger partial charge in [0.05, 0.1) is 0 Å². The molecule has 56 valence electrons. The summed E-state index contributed by atoms with van der Waals surface area (Å²) in [6, 6.07) is 0. The lowest BCUT2D eigenvalue weighted by Gasteiger charge is -2.09. The van der Waals surface area contributed by atoms with Gasteiger partial charge in [0.25, 0.3) is 0 Å². The van der Waals surface area contributed by atoms with E-state index in [0.717, 1.165) is 12.8 Å². The van der Waals surface area contributed by atoms with Crippen LogP contribution in [0.2, 0.25) is 0 Å². The minimum Gasteiger partial charge on any atom is -0.299 e. The van der Waals surface area contributed by atoms with Crippen LogP contribution < -0.4 is 0 Å². The van der Waals surface area contributed by atoms with Crippen LogP contribution in [-0.4, -0.2) is 16.8 Å². The fraction of sp³-hybridized carbons (Fsp3) is 0.875. The van der Waals surface area contributed by atoms with Gasteiger partial charge in [-0.15, -0.1) is 0 Å². The highest BCUT2D eigenvalue weighted by molar-refractivity contribution is 8.00. The van der Waals surface area contributed by atoms with E-state index in [1.165, 1.54) is 5.75 Å². The van der Waals surface area contributed by atoms with Crippen LogP contribution in [0, 0.1) is 11.8 Å². The van der Waals surface area contributed by atoms with Crippen molar-refractivity contribution in [3.63, 3.8) is 0 Å². The van der Waals surface area contributed by atoms with Crippen LogP contribution in [0.1, 0.15) is 19.8 Å². The number of hydrogen-bond acceptors (Lipinski definition) is 2. The minimum atomic E-state index is 0.444. The summed E-state index contributed by atoms with van der Waals surface area (Å²) >= 11 is 2.00. The molecule has 0 amide bonds. The Morgan fingerprint density at radius 2 is 2.40 bits per heavy atom. The molecule has 0 aromatic rings. The zero-order valence-electron chi connectivity index (χ0n) is 6.17. The smallest absolute Gasteiger partial charge is 0.137 e. The molecule has 2 aliphatic rings. The monoisotopic (exact) mass is 156 g/mol. The zero-order valence-corrected chi connectivity index (χ0v) is 6.99. The summed E-state index contributed by atoms with van der Waals surface area (Å²) in [5.74, 6) is 2.85. The summed E-state index contributed by atoms with van der Waals surface area (Å²) in [6.45, 7) is 2.21. The Kier molecular flexibility index (Phi) is 1.52. The standard InChI is InChI=1S/C8H12OS/c1-5-4-7(9)6-2-3-10-8(5)6/h5-6,8H,2-4H2,1H3/t5-,6-,8?/m1/s1. The van der Waals surface area contributed by atoms with Gasteiger partial charge in [-0.25, -0.2) is 0 Å². The average molecular weight is 156 g/mol. The highest BCUT2D eigenvalue weighted by Gasteiger charge is 2.43. The fourth-order valence-electron chi connectivity index (χ4n) is 2.10. The Morgan fingerprint density at radius 3 is 3.10 bits per heavy atom. The molecular weight excluding hydrogens is 144 g/mol. The Morgan fingerprint density at radius 1 is 1.60 bits per heavy atom. The summed E-state index contributed by atoms with van der Waals surface area (Å²) in [6.07, 6.45) is 2.00. The molecule has 1 aliphatic heterocycles. The molecule has 1 nitrogen and oxygen atoms in total. The van der Waals surface area contributed by atoms with Crippen LogP contribution in [0.25, 0.3) is 0 Å². The summed E-state index contributed by atoms with van der Waals surface area (Å²) in [7, 11) is 0. The van der Waals surface area contributed by atoms with E-state index in [-0.39, 0.29) is 0 Å². The number of hydrogen-bond donors (Lipinski definition) is 0. The molecule has 0 radical (unpaired) electrons. The molecule has 10 heavy (non-hydrogen) atoms. The Hall–Kier alpha value is 0.0200. The van der Waals surface area contributed by atoms with Gasteiger partial charge >= 0.3 is 0 Å². The second kappa shape index (κ2) is 2.26. The van der Waals surface area contributed by atoms with Crippen molar-refractivity contribution in [3.8, 4) is 0 Å². The van der Waals surface area contributed by atoms with E-state index in [4.69, 9.17) is 0 Å². The average Bonchev–Trinajstić information content (AvgIpc) is 2.39. The molecule has 2 rings (SSSR count). The van der Waals surface area contributed by atoms with Crippen LogP contribution in [0.4, 0.5) is 0 Å². The van der Waals surface area contributed by atoms with Crippen molar-refractivity contribution in [2.24, 2.45) is 11.8 Å². The molecule has 3 atom stereocenters. The lowest BCUT2D eigenvalue weighted by Crippen LogP contribution is -2.12. The first-order valence-electron chi connectivity index (χ1n) is 3.93. The maximum atomic E-state index is 11.3. The molecule has 1 saturated carbocycles. The highest BCUT2D eigenvalue weighted by atomic mass is 32.2. The van der Waals surface area contributed by atoms with E-state index in [9.17, 15) is 4.79 Å². The highest BCUT2D eigenvalue weighted by Crippen LogP contribution is 2.44. The number of ketones is 1. The van der Waals surface area contributed by atoms with Crippen molar-refractivity contribution in [2.45, 2.75) is 25.0 Å². The molecule has 0 N–H and O–H groups in total. The third kappa shape index (κ3) is 0.815. The molecule has 1 aliphatic carbocycles. The van der Waals surface area contributed by atoms with Gasteiger partial charge in [-0.3, -0.25) is 4.79 Å². The Bertz CT molecular complexity index is 167. The van der Waals surface area contributed by atoms with E-state index in [2.05, 4.69) is 6.92 Å². The van der Waals surface area contributed by atoms with E-state index >= 15 is 0 Å². The van der Waals surface area contributed by atoms with Crippen LogP contribution >= 0.6 is 11.8 Å². The van der Waals surface area contributed by atoms with Gasteiger partial charge in [0.2, 0.25) is 0 Å². The number of Topliss-reactive ketones (excluding diaryl/α,β-unsaturated/α-hetero) is 1. The first-order chi connectivity index (χ1) is 4.79. The maximum Gasteiger partial charge on any atom is 0.137 e. The van der Waals surface area contributed by atoms with Crippen molar-refractivity contribution >= 4 is 17.5 Å². The second-order valence-electron chi connectivity index (χ2n) is 3.38. The van der Waals surface area contributed by atoms with E-state index < -0.39 is 0 Å². The van der Waals surface area contributed by atoms with Gasteiger partial charge in [0.1, 0.15) is 5.78 Å². The summed E-state index contributed by atoms with van der Waals surface area (Å²) < 4.78 is 0. The first-order valence-corrected chi connectivity index (χ1v) is 4.98. The molecule has 2 fully saturated rings. The predicted molar refractivity (Wildman–Crippen MR) is 43.1 cm³/mol. The largest absolute Gasteiger partial charge is 0.299 e. The normalized spacial score (nSPS) is 46.1. The Balaban J connectivity index is 2.19. The van der Waals surface area contributed by atoms with Crippen LogP contribution in [0.5, 0.6) is 0 Å². The minimum absolute atomic E-state index is 0.444. The van der Waals surface area contributed by atoms with Gasteiger partial charge in [-0.05, 0) is 18.1 Å². The molecular formula is C8H12OS. The SMILES string of the molecule is C[C@@H]1CC(=O)[C@H]2CCSC12. The third-order valence-electron chi connectivity index (χ3n) is 2.63. The lowest BCUT2D eigenvalue weighted by atomic mass is 10.0. The number of carbonyl (C=O) groups excluding carboxylic acids is 1. The van der Waals surface area contributed by atoms with E-state index in [1.807, 2.05) is 11.8 Å². The summed E-state index contributed by atoms with van der Waals surface area (Å²) in [5.41, 5.74) is 0. The molecule has 0 spiro atoms. The van der Waals surface area contributed by atoms with E-state index in [1.54, 1.807) is 0 Å². The van der Waals surface area contributed by atoms with Crippen molar-refractivity contribution in [3.05, 3.63) is 0 Å². The fourth-order valence-corrected chi connectivity index (χ4v) is 3.71. The van der Waals surface area contributed by atoms with E-state index in [0.29, 0.717) is 22.9 Å². The summed E-state index contributed by atoms with van der Waals surface area (Å²) in [4.78, 5) is 11.3. The number of rotatable bonds is 0. The van der Waals surface area contributed by atoms with Crippen LogP contribution in [0.15, 0.2) is 0 Å². The van der Waals surface area contributed by atoms with Gasteiger partial charge in [-0.1, -0.05) is 6.92 Å². The number of thioether (sulfide) groups is 1. The predicted octanol–water partition coefficient (Wildman–Crippen LogP) is 1.72. The molecule has 0 bridgehead atoms. The van der Waals surface area contributed by atoms with Crippen LogP contribution in [0.3, 0.4) is 0 Å². The van der Waals surface area contributed by atoms with Crippen molar-refractivity contribution < 1.29 is 4.79 Å². The summed E-state index contributed by atoms with van der Waals surface area (Å²) in [5, 5.41) is 0.687. The first kappa shape index (κ1) is 6.71. The zero-order chi connectivity index (χ0) is 7.14. The maximum absolute atomic E-state index is 11.3. The quantitative estimate of drug-likeness (QED) is 0.531. The molecule has 1 unspecified atom stereocenters. The number of carbonyl (C=O) groups is 1. The van der Waals surface area contributed by atoms with Gasteiger partial charge in [0.15, 0.2) is 0 Å². The molecule has 0 aromatic heterocycles. The molecule has 1 heterocycles. The second-order valence-corrected chi connectivity index (χ2v) is 4.66. The van der Waals surface area contributed by atoms with Gasteiger partial charge in [0, 0.05) is 17.6 Å². The Labute approximate surface area is 65.6 Å². The van der Waals surface area contributed by atoms with Gasteiger partial charge in [-0.2, -0.15) is 11.8 Å². The van der Waals surface area contributed by atoms with Crippen molar-refractivity contribution in [1.82, 2.24) is 0 Å². The van der Waals surface area contributed by atoms with Crippen LogP contribution in [-0.2, 0) is 4.79 Å². The van der Waals surface area contributed by atoms with Gasteiger partial charge < -0.3 is 0 Å². The van der Waals surface area contributed by atoms with Crippen molar-refractivity contribution in [2.75, 3.05) is 5.75 Å². The third-order valence-corrected chi connectivity index (χ3v) is 4.28. The molecule has 2 heteroatoms. The topological polar surface area (TPSA) is 17.1 Å². The molecule has 1 saturated heterocycles. The van der Waals surface area contributed by atoms with Crippen molar-refractivity contribution in [1.29, 1.82) is 0 Å². The lowest BCUT2D eigenvalue weighted by molar-refractivity contribution is -0.120. The molecule has 0 aromatic carbocycles. The number of fused-ring (bicyclic) bond motifs is 1.